The largest absolute Gasteiger partial charge is 0.481 e. The third kappa shape index (κ3) is 3.61. The number of nitrogens with zero attached hydrogens (tertiary/aromatic N) is 2. The van der Waals surface area contributed by atoms with E-state index in [1.165, 1.54) is 5.69 Å². The minimum atomic E-state index is -0.728. The molecule has 0 saturated heterocycles. The first-order valence-electron chi connectivity index (χ1n) is 10.2. The summed E-state index contributed by atoms with van der Waals surface area (Å²) in [7, 11) is 0. The van der Waals surface area contributed by atoms with Gasteiger partial charge in [0.15, 0.2) is 0 Å². The fraction of sp³-hybridized carbons (Fsp3) is 0.391. The predicted octanol–water partition coefficient (Wildman–Crippen LogP) is 7.22. The molecule has 2 aromatic heterocycles. The van der Waals surface area contributed by atoms with Gasteiger partial charge in [-0.1, -0.05) is 55.7 Å². The second-order valence-electron chi connectivity index (χ2n) is 8.03. The van der Waals surface area contributed by atoms with Crippen LogP contribution in [0, 0.1) is 5.92 Å². The van der Waals surface area contributed by atoms with E-state index < -0.39 is 11.9 Å². The SMILES string of the molecule is CCC(C(=O)O)C1CCc2c(Sc3ccc(Cl)c(Cl)c3)c3c(C(C)C)nccc3n21. The lowest BCUT2D eigenvalue weighted by Crippen LogP contribution is -2.23. The number of carbonyl (C=O) groups is 1. The Labute approximate surface area is 190 Å². The van der Waals surface area contributed by atoms with E-state index in [4.69, 9.17) is 23.2 Å². The predicted molar refractivity (Wildman–Crippen MR) is 123 cm³/mol. The van der Waals surface area contributed by atoms with Crippen LogP contribution in [0.4, 0.5) is 0 Å². The summed E-state index contributed by atoms with van der Waals surface area (Å²) in [6.45, 7) is 6.23. The zero-order chi connectivity index (χ0) is 21.6. The molecule has 1 aliphatic heterocycles. The van der Waals surface area contributed by atoms with Crippen molar-refractivity contribution in [1.82, 2.24) is 9.55 Å². The van der Waals surface area contributed by atoms with Gasteiger partial charge in [-0.15, -0.1) is 0 Å². The zero-order valence-electron chi connectivity index (χ0n) is 17.2. The van der Waals surface area contributed by atoms with Crippen molar-refractivity contribution in [3.8, 4) is 0 Å². The van der Waals surface area contributed by atoms with Gasteiger partial charge in [0.25, 0.3) is 0 Å². The third-order valence-electron chi connectivity index (χ3n) is 5.89. The Hall–Kier alpha value is -1.69. The number of hydrogen-bond acceptors (Lipinski definition) is 3. The lowest BCUT2D eigenvalue weighted by Gasteiger charge is -2.21. The molecular weight excluding hydrogens is 439 g/mol. The average Bonchev–Trinajstić information content (AvgIpc) is 3.25. The normalized spacial score (nSPS) is 16.9. The Bertz CT molecular complexity index is 1130. The zero-order valence-corrected chi connectivity index (χ0v) is 19.5. The van der Waals surface area contributed by atoms with Crippen LogP contribution in [-0.2, 0) is 11.2 Å². The Morgan fingerprint density at radius 2 is 2.07 bits per heavy atom. The van der Waals surface area contributed by atoms with Gasteiger partial charge in [-0.05, 0) is 49.4 Å². The van der Waals surface area contributed by atoms with Crippen LogP contribution in [0.25, 0.3) is 10.9 Å². The Balaban J connectivity index is 1.93. The van der Waals surface area contributed by atoms with Crippen molar-refractivity contribution >= 4 is 51.8 Å². The van der Waals surface area contributed by atoms with Crippen molar-refractivity contribution in [2.45, 2.75) is 61.8 Å². The standard InChI is InChI=1S/C23H24Cl2N2O2S/c1-4-14(23(28)29)17-7-8-19-22(30-13-5-6-15(24)16(25)11-13)20-18(27(17)19)9-10-26-21(20)12(2)3/h5-6,9-12,14,17H,4,7-8H2,1-3H3,(H,28,29). The van der Waals surface area contributed by atoms with Crippen LogP contribution in [0.1, 0.15) is 57.0 Å². The van der Waals surface area contributed by atoms with Crippen molar-refractivity contribution in [1.29, 1.82) is 0 Å². The molecule has 158 valence electrons. The number of pyridine rings is 1. The van der Waals surface area contributed by atoms with Crippen molar-refractivity contribution in [2.75, 3.05) is 0 Å². The molecule has 3 heterocycles. The second-order valence-corrected chi connectivity index (χ2v) is 9.93. The fourth-order valence-corrected chi connectivity index (χ4v) is 6.07. The Kier molecular flexibility index (Phi) is 6.06. The molecule has 0 amide bonds. The van der Waals surface area contributed by atoms with Gasteiger partial charge in [-0.25, -0.2) is 0 Å². The van der Waals surface area contributed by atoms with Gasteiger partial charge in [0.2, 0.25) is 0 Å². The number of halogens is 2. The highest BCUT2D eigenvalue weighted by atomic mass is 35.5. The van der Waals surface area contributed by atoms with Crippen LogP contribution < -0.4 is 0 Å². The first-order valence-corrected chi connectivity index (χ1v) is 11.8. The van der Waals surface area contributed by atoms with Crippen LogP contribution >= 0.6 is 35.0 Å². The van der Waals surface area contributed by atoms with Crippen LogP contribution in [0.15, 0.2) is 40.3 Å². The first-order chi connectivity index (χ1) is 14.3. The molecular formula is C23H24Cl2N2O2S. The highest BCUT2D eigenvalue weighted by molar-refractivity contribution is 7.99. The summed E-state index contributed by atoms with van der Waals surface area (Å²) in [6, 6.07) is 7.64. The summed E-state index contributed by atoms with van der Waals surface area (Å²) in [5.74, 6) is -0.876. The van der Waals surface area contributed by atoms with E-state index in [1.54, 1.807) is 11.8 Å². The number of rotatable bonds is 6. The second kappa shape index (κ2) is 8.45. The van der Waals surface area contributed by atoms with Crippen LogP contribution in [0.2, 0.25) is 10.0 Å². The molecule has 4 rings (SSSR count). The first kappa shape index (κ1) is 21.5. The van der Waals surface area contributed by atoms with E-state index >= 15 is 0 Å². The van der Waals surface area contributed by atoms with Crippen molar-refractivity contribution in [3.05, 3.63) is 51.9 Å². The lowest BCUT2D eigenvalue weighted by molar-refractivity contribution is -0.143. The van der Waals surface area contributed by atoms with Crippen molar-refractivity contribution < 1.29 is 9.90 Å². The van der Waals surface area contributed by atoms with Gasteiger partial charge in [-0.3, -0.25) is 9.78 Å². The molecule has 1 N–H and O–H groups in total. The maximum absolute atomic E-state index is 11.9. The van der Waals surface area contributed by atoms with E-state index in [0.29, 0.717) is 16.5 Å². The molecule has 2 atom stereocenters. The maximum atomic E-state index is 11.9. The molecule has 30 heavy (non-hydrogen) atoms. The minimum Gasteiger partial charge on any atom is -0.481 e. The summed E-state index contributed by atoms with van der Waals surface area (Å²) in [6.07, 6.45) is 4.14. The molecule has 0 radical (unpaired) electrons. The van der Waals surface area contributed by atoms with Gasteiger partial charge in [0, 0.05) is 33.1 Å². The topological polar surface area (TPSA) is 55.1 Å². The molecule has 1 aromatic carbocycles. The van der Waals surface area contributed by atoms with Gasteiger partial charge in [0.1, 0.15) is 0 Å². The smallest absolute Gasteiger partial charge is 0.308 e. The highest BCUT2D eigenvalue weighted by Gasteiger charge is 2.37. The molecule has 1 aliphatic rings. The third-order valence-corrected chi connectivity index (χ3v) is 7.76. The summed E-state index contributed by atoms with van der Waals surface area (Å²) in [4.78, 5) is 18.8. The van der Waals surface area contributed by atoms with Crippen LogP contribution in [-0.4, -0.2) is 20.6 Å². The molecule has 7 heteroatoms. The fourth-order valence-electron chi connectivity index (χ4n) is 4.52. The van der Waals surface area contributed by atoms with Crippen molar-refractivity contribution in [3.63, 3.8) is 0 Å². The van der Waals surface area contributed by atoms with E-state index in [1.807, 2.05) is 37.4 Å². The average molecular weight is 463 g/mol. The molecule has 3 aromatic rings. The number of carboxylic acid groups (broad SMARTS) is 1. The van der Waals surface area contributed by atoms with E-state index in [-0.39, 0.29) is 12.0 Å². The van der Waals surface area contributed by atoms with Crippen molar-refractivity contribution in [2.24, 2.45) is 5.92 Å². The number of benzene rings is 1. The van der Waals surface area contributed by atoms with Gasteiger partial charge in [0.05, 0.1) is 27.2 Å². The number of carboxylic acids is 1. The molecule has 2 unspecified atom stereocenters. The molecule has 0 spiro atoms. The summed E-state index contributed by atoms with van der Waals surface area (Å²) >= 11 is 14.0. The summed E-state index contributed by atoms with van der Waals surface area (Å²) < 4.78 is 2.27. The van der Waals surface area contributed by atoms with E-state index in [0.717, 1.165) is 39.2 Å². The number of aromatic nitrogens is 2. The van der Waals surface area contributed by atoms with E-state index in [2.05, 4.69) is 23.4 Å². The molecule has 0 bridgehead atoms. The van der Waals surface area contributed by atoms with E-state index in [9.17, 15) is 9.90 Å². The van der Waals surface area contributed by atoms with Crippen LogP contribution in [0.3, 0.4) is 0 Å². The van der Waals surface area contributed by atoms with Gasteiger partial charge in [-0.2, -0.15) is 0 Å². The number of aliphatic carboxylic acids is 1. The summed E-state index contributed by atoms with van der Waals surface area (Å²) in [5, 5.41) is 12.0. The monoisotopic (exact) mass is 462 g/mol. The number of fused-ring (bicyclic) bond motifs is 3. The maximum Gasteiger partial charge on any atom is 0.308 e. The minimum absolute atomic E-state index is 0.0458. The van der Waals surface area contributed by atoms with Gasteiger partial charge >= 0.3 is 5.97 Å². The number of hydrogen-bond donors (Lipinski definition) is 1. The Morgan fingerprint density at radius 1 is 1.30 bits per heavy atom. The lowest BCUT2D eigenvalue weighted by atomic mass is 9.94. The molecule has 0 saturated carbocycles. The molecule has 0 fully saturated rings. The quantitative estimate of drug-likeness (QED) is 0.420. The highest BCUT2D eigenvalue weighted by Crippen LogP contribution is 2.48. The Morgan fingerprint density at radius 3 is 2.70 bits per heavy atom. The summed E-state index contributed by atoms with van der Waals surface area (Å²) in [5.41, 5.74) is 3.31. The molecule has 4 nitrogen and oxygen atoms in total. The van der Waals surface area contributed by atoms with Gasteiger partial charge < -0.3 is 9.67 Å². The van der Waals surface area contributed by atoms with Crippen LogP contribution in [0.5, 0.6) is 0 Å². The molecule has 0 aliphatic carbocycles.